The number of carbonyl (C=O) groups is 1. The Morgan fingerprint density at radius 2 is 1.75 bits per heavy atom. The Morgan fingerprint density at radius 3 is 2.30 bits per heavy atom. The first kappa shape index (κ1) is 15.6. The average Bonchev–Trinajstić information content (AvgIpc) is 2.39. The van der Waals surface area contributed by atoms with Crippen molar-refractivity contribution < 1.29 is 22.7 Å². The van der Waals surface area contributed by atoms with Crippen LogP contribution in [0.1, 0.15) is 25.7 Å². The first-order chi connectivity index (χ1) is 9.40. The van der Waals surface area contributed by atoms with Crippen LogP contribution in [0.2, 0.25) is 0 Å². The maximum Gasteiger partial charge on any atom is 0.411 e. The molecule has 2 aliphatic rings. The number of alkyl halides is 3. The highest BCUT2D eigenvalue weighted by Gasteiger charge is 2.36. The summed E-state index contributed by atoms with van der Waals surface area (Å²) >= 11 is 0. The number of rotatable bonds is 3. The molecule has 0 bridgehead atoms. The van der Waals surface area contributed by atoms with Gasteiger partial charge in [-0.1, -0.05) is 0 Å². The Morgan fingerprint density at radius 1 is 1.15 bits per heavy atom. The van der Waals surface area contributed by atoms with Crippen molar-refractivity contribution in [2.45, 2.75) is 31.9 Å². The molecule has 2 saturated heterocycles. The van der Waals surface area contributed by atoms with E-state index in [4.69, 9.17) is 0 Å². The quantitative estimate of drug-likeness (QED) is 0.859. The highest BCUT2D eigenvalue weighted by molar-refractivity contribution is 5.77. The molecule has 2 heterocycles. The van der Waals surface area contributed by atoms with Gasteiger partial charge in [0, 0.05) is 13.1 Å². The van der Waals surface area contributed by atoms with Crippen LogP contribution in [-0.4, -0.2) is 56.4 Å². The van der Waals surface area contributed by atoms with E-state index in [0.29, 0.717) is 18.5 Å². The minimum Gasteiger partial charge on any atom is -0.362 e. The summed E-state index contributed by atoms with van der Waals surface area (Å²) in [5.41, 5.74) is 0.328. The largest absolute Gasteiger partial charge is 0.411 e. The van der Waals surface area contributed by atoms with Gasteiger partial charge < -0.3 is 15.0 Å². The molecule has 2 fully saturated rings. The van der Waals surface area contributed by atoms with Crippen LogP contribution in [0.25, 0.3) is 0 Å². The Hall–Kier alpha value is -0.820. The number of amides is 1. The molecule has 2 aliphatic heterocycles. The molecule has 7 heteroatoms. The van der Waals surface area contributed by atoms with E-state index < -0.39 is 19.4 Å². The zero-order chi connectivity index (χ0) is 14.6. The average molecular weight is 294 g/mol. The number of likely N-dealkylation sites (tertiary alicyclic amines) is 1. The summed E-state index contributed by atoms with van der Waals surface area (Å²) in [4.78, 5) is 13.4. The summed E-state index contributed by atoms with van der Waals surface area (Å²) < 4.78 is 40.2. The van der Waals surface area contributed by atoms with Crippen molar-refractivity contribution in [1.82, 2.24) is 10.2 Å². The van der Waals surface area contributed by atoms with Gasteiger partial charge in [0.05, 0.1) is 0 Å². The van der Waals surface area contributed by atoms with Crippen molar-refractivity contribution in [1.29, 1.82) is 0 Å². The molecule has 0 atom stereocenters. The smallest absolute Gasteiger partial charge is 0.362 e. The number of hydrogen-bond donors (Lipinski definition) is 1. The van der Waals surface area contributed by atoms with Gasteiger partial charge in [0.1, 0.15) is 13.2 Å². The van der Waals surface area contributed by atoms with Crippen LogP contribution in [0.4, 0.5) is 13.2 Å². The molecule has 1 N–H and O–H groups in total. The van der Waals surface area contributed by atoms with E-state index in [1.165, 1.54) is 0 Å². The van der Waals surface area contributed by atoms with Crippen LogP contribution in [0.3, 0.4) is 0 Å². The summed E-state index contributed by atoms with van der Waals surface area (Å²) in [5, 5.41) is 3.33. The maximum atomic E-state index is 11.9. The third kappa shape index (κ3) is 4.34. The molecule has 0 aromatic carbocycles. The second-order valence-corrected chi connectivity index (χ2v) is 5.74. The van der Waals surface area contributed by atoms with E-state index in [0.717, 1.165) is 38.8 Å². The van der Waals surface area contributed by atoms with Crippen LogP contribution >= 0.6 is 0 Å². The number of halogens is 3. The maximum absolute atomic E-state index is 11.9. The number of nitrogens with one attached hydrogen (secondary N) is 1. The Kier molecular flexibility index (Phi) is 4.90. The molecule has 0 aromatic heterocycles. The molecular formula is C13H21F3N2O2. The molecular weight excluding hydrogens is 273 g/mol. The van der Waals surface area contributed by atoms with E-state index in [1.54, 1.807) is 4.90 Å². The number of hydrogen-bond acceptors (Lipinski definition) is 3. The third-order valence-electron chi connectivity index (χ3n) is 4.33. The second-order valence-electron chi connectivity index (χ2n) is 5.74. The predicted octanol–water partition coefficient (Wildman–Crippen LogP) is 1.56. The van der Waals surface area contributed by atoms with Gasteiger partial charge in [0.25, 0.3) is 0 Å². The van der Waals surface area contributed by atoms with Crippen molar-refractivity contribution in [2.75, 3.05) is 39.4 Å². The van der Waals surface area contributed by atoms with Crippen LogP contribution in [-0.2, 0) is 9.53 Å². The molecule has 0 saturated carbocycles. The van der Waals surface area contributed by atoms with Gasteiger partial charge in [-0.25, -0.2) is 0 Å². The SMILES string of the molecule is O=C(COCC(F)(F)F)N1CCC2(CCNCC2)CC1. The summed E-state index contributed by atoms with van der Waals surface area (Å²) in [5.74, 6) is -0.335. The van der Waals surface area contributed by atoms with Gasteiger partial charge in [-0.2, -0.15) is 13.2 Å². The number of ether oxygens (including phenoxy) is 1. The topological polar surface area (TPSA) is 41.6 Å². The molecule has 0 radical (unpaired) electrons. The molecule has 0 unspecified atom stereocenters. The van der Waals surface area contributed by atoms with Crippen molar-refractivity contribution in [3.63, 3.8) is 0 Å². The molecule has 1 amide bonds. The van der Waals surface area contributed by atoms with E-state index in [2.05, 4.69) is 10.1 Å². The van der Waals surface area contributed by atoms with Gasteiger partial charge in [0.15, 0.2) is 0 Å². The van der Waals surface area contributed by atoms with Crippen LogP contribution in [0.15, 0.2) is 0 Å². The summed E-state index contributed by atoms with van der Waals surface area (Å²) in [7, 11) is 0. The Labute approximate surface area is 116 Å². The monoisotopic (exact) mass is 294 g/mol. The minimum atomic E-state index is -4.37. The molecule has 0 aliphatic carbocycles. The normalized spacial score (nSPS) is 23.1. The highest BCUT2D eigenvalue weighted by atomic mass is 19.4. The van der Waals surface area contributed by atoms with Crippen LogP contribution in [0, 0.1) is 5.41 Å². The van der Waals surface area contributed by atoms with Crippen LogP contribution in [0.5, 0.6) is 0 Å². The molecule has 2 rings (SSSR count). The number of piperidine rings is 2. The zero-order valence-corrected chi connectivity index (χ0v) is 11.5. The van der Waals surface area contributed by atoms with Gasteiger partial charge in [0.2, 0.25) is 5.91 Å². The van der Waals surface area contributed by atoms with Crippen molar-refractivity contribution in [3.8, 4) is 0 Å². The molecule has 4 nitrogen and oxygen atoms in total. The summed E-state index contributed by atoms with van der Waals surface area (Å²) in [6, 6.07) is 0. The first-order valence-corrected chi connectivity index (χ1v) is 7.03. The predicted molar refractivity (Wildman–Crippen MR) is 67.2 cm³/mol. The number of carbonyl (C=O) groups excluding carboxylic acids is 1. The summed E-state index contributed by atoms with van der Waals surface area (Å²) in [6.45, 7) is 1.46. The van der Waals surface area contributed by atoms with E-state index in [-0.39, 0.29) is 5.91 Å². The van der Waals surface area contributed by atoms with Gasteiger partial charge in [-0.15, -0.1) is 0 Å². The lowest BCUT2D eigenvalue weighted by molar-refractivity contribution is -0.178. The minimum absolute atomic E-state index is 0.328. The lowest BCUT2D eigenvalue weighted by atomic mass is 9.71. The Balaban J connectivity index is 1.71. The van der Waals surface area contributed by atoms with Crippen LogP contribution < -0.4 is 5.32 Å². The van der Waals surface area contributed by atoms with Gasteiger partial charge in [-0.05, 0) is 44.2 Å². The van der Waals surface area contributed by atoms with E-state index in [1.807, 2.05) is 0 Å². The second kappa shape index (κ2) is 6.30. The molecule has 20 heavy (non-hydrogen) atoms. The van der Waals surface area contributed by atoms with Crippen molar-refractivity contribution in [2.24, 2.45) is 5.41 Å². The molecule has 0 aromatic rings. The number of nitrogens with zero attached hydrogens (tertiary/aromatic N) is 1. The van der Waals surface area contributed by atoms with E-state index in [9.17, 15) is 18.0 Å². The fraction of sp³-hybridized carbons (Fsp3) is 0.923. The van der Waals surface area contributed by atoms with Crippen molar-refractivity contribution in [3.05, 3.63) is 0 Å². The lowest BCUT2D eigenvalue weighted by Crippen LogP contribution is -2.48. The van der Waals surface area contributed by atoms with E-state index >= 15 is 0 Å². The first-order valence-electron chi connectivity index (χ1n) is 7.03. The molecule has 1 spiro atoms. The highest BCUT2D eigenvalue weighted by Crippen LogP contribution is 2.39. The standard InChI is InChI=1S/C13H21F3N2O2/c14-13(15,16)10-20-9-11(19)18-7-3-12(4-8-18)1-5-17-6-2-12/h17H,1-10H2. The van der Waals surface area contributed by atoms with Crippen molar-refractivity contribution >= 4 is 5.91 Å². The zero-order valence-electron chi connectivity index (χ0n) is 11.5. The summed E-state index contributed by atoms with van der Waals surface area (Å²) in [6.07, 6.45) is -0.236. The Bertz CT molecular complexity index is 331. The van der Waals surface area contributed by atoms with Gasteiger partial charge in [-0.3, -0.25) is 4.79 Å². The third-order valence-corrected chi connectivity index (χ3v) is 4.33. The molecule has 116 valence electrons. The lowest BCUT2D eigenvalue weighted by Gasteiger charge is -2.44. The fourth-order valence-electron chi connectivity index (χ4n) is 3.03. The van der Waals surface area contributed by atoms with Gasteiger partial charge >= 0.3 is 6.18 Å². The fourth-order valence-corrected chi connectivity index (χ4v) is 3.03.